The fourth-order valence-corrected chi connectivity index (χ4v) is 4.98. The van der Waals surface area contributed by atoms with Gasteiger partial charge in [-0.15, -0.1) is 22.7 Å². The molecule has 0 fully saturated rings. The molecule has 0 spiro atoms. The number of pyridine rings is 1. The van der Waals surface area contributed by atoms with E-state index in [9.17, 15) is 10.1 Å². The molecule has 1 aromatic carbocycles. The van der Waals surface area contributed by atoms with Crippen LogP contribution in [0.4, 0.5) is 11.5 Å². The summed E-state index contributed by atoms with van der Waals surface area (Å²) in [6, 6.07) is 14.0. The number of nitrogens with zero attached hydrogens (tertiary/aromatic N) is 2. The van der Waals surface area contributed by atoms with Gasteiger partial charge in [-0.3, -0.25) is 4.79 Å². The Hall–Kier alpha value is -3.41. The smallest absolute Gasteiger partial charge is 0.263 e. The van der Waals surface area contributed by atoms with E-state index >= 15 is 0 Å². The minimum atomic E-state index is -0.270. The Balaban J connectivity index is 1.83. The fourth-order valence-electron chi connectivity index (χ4n) is 3.31. The van der Waals surface area contributed by atoms with Crippen LogP contribution in [0, 0.1) is 11.3 Å². The highest BCUT2D eigenvalue weighted by Gasteiger charge is 2.24. The van der Waals surface area contributed by atoms with Crippen LogP contribution in [0.3, 0.4) is 0 Å². The summed E-state index contributed by atoms with van der Waals surface area (Å²) < 4.78 is 0. The molecule has 0 radical (unpaired) electrons. The van der Waals surface area contributed by atoms with Crippen molar-refractivity contribution < 1.29 is 4.79 Å². The minimum absolute atomic E-state index is 0.131. The van der Waals surface area contributed by atoms with Crippen molar-refractivity contribution in [3.63, 3.8) is 0 Å². The van der Waals surface area contributed by atoms with Gasteiger partial charge in [0.25, 0.3) is 5.91 Å². The summed E-state index contributed by atoms with van der Waals surface area (Å²) in [5.41, 5.74) is 15.7. The van der Waals surface area contributed by atoms with Gasteiger partial charge in [-0.2, -0.15) is 5.26 Å². The maximum absolute atomic E-state index is 12.8. The molecular weight excluding hydrogens is 414 g/mol. The molecule has 0 unspecified atom stereocenters. The molecule has 8 heteroatoms. The summed E-state index contributed by atoms with van der Waals surface area (Å²) in [5.74, 6) is -0.139. The van der Waals surface area contributed by atoms with Crippen LogP contribution in [0.25, 0.3) is 21.3 Å². The molecule has 0 aliphatic heterocycles. The number of thiophene rings is 2. The number of rotatable bonds is 5. The van der Waals surface area contributed by atoms with Gasteiger partial charge in [0.05, 0.1) is 12.2 Å². The molecule has 0 bridgehead atoms. The van der Waals surface area contributed by atoms with Crippen molar-refractivity contribution in [1.29, 1.82) is 5.26 Å². The van der Waals surface area contributed by atoms with Gasteiger partial charge in [0.15, 0.2) is 0 Å². The predicted octanol–water partition coefficient (Wildman–Crippen LogP) is 4.55. The number of benzene rings is 1. The third kappa shape index (κ3) is 3.49. The van der Waals surface area contributed by atoms with Crippen molar-refractivity contribution in [2.45, 2.75) is 19.9 Å². The second-order valence-corrected chi connectivity index (χ2v) is 8.73. The lowest BCUT2D eigenvalue weighted by Gasteiger charge is -2.10. The van der Waals surface area contributed by atoms with Crippen molar-refractivity contribution >= 4 is 50.3 Å². The number of amides is 1. The lowest BCUT2D eigenvalue weighted by atomic mass is 9.96. The summed E-state index contributed by atoms with van der Waals surface area (Å²) in [4.78, 5) is 19.1. The van der Waals surface area contributed by atoms with E-state index < -0.39 is 0 Å². The van der Waals surface area contributed by atoms with Crippen LogP contribution in [0.15, 0.2) is 41.8 Å². The summed E-state index contributed by atoms with van der Waals surface area (Å²) in [6.07, 6.45) is 0.911. The van der Waals surface area contributed by atoms with E-state index in [1.807, 2.05) is 41.8 Å². The first-order valence-electron chi connectivity index (χ1n) is 9.34. The van der Waals surface area contributed by atoms with Gasteiger partial charge < -0.3 is 16.8 Å². The van der Waals surface area contributed by atoms with Crippen LogP contribution in [-0.4, -0.2) is 10.9 Å². The van der Waals surface area contributed by atoms with E-state index in [0.29, 0.717) is 32.9 Å². The molecule has 1 amide bonds. The second kappa shape index (κ2) is 8.14. The standard InChI is InChI=1S/C22H19N5OS2/c1-2-12-5-7-13(8-6-12)16-15(10-23)20(25)27-22-17(16)18(24)19(30-22)21(28)26-11-14-4-3-9-29-14/h3-9H,2,11,24H2,1H3,(H2,25,27)(H,26,28). The zero-order valence-electron chi connectivity index (χ0n) is 16.2. The summed E-state index contributed by atoms with van der Waals surface area (Å²) >= 11 is 2.76. The Kier molecular flexibility index (Phi) is 5.40. The lowest BCUT2D eigenvalue weighted by molar-refractivity contribution is 0.0956. The fraction of sp³-hybridized carbons (Fsp3) is 0.136. The van der Waals surface area contributed by atoms with E-state index in [1.165, 1.54) is 16.9 Å². The zero-order valence-corrected chi connectivity index (χ0v) is 17.9. The molecule has 4 aromatic rings. The monoisotopic (exact) mass is 433 g/mol. The number of fused-ring (bicyclic) bond motifs is 1. The Morgan fingerprint density at radius 3 is 2.63 bits per heavy atom. The van der Waals surface area contributed by atoms with Crippen LogP contribution < -0.4 is 16.8 Å². The molecule has 0 atom stereocenters. The summed E-state index contributed by atoms with van der Waals surface area (Å²) in [7, 11) is 0. The van der Waals surface area contributed by atoms with Crippen LogP contribution in [0.1, 0.15) is 32.6 Å². The molecule has 3 aromatic heterocycles. The molecule has 0 aliphatic rings. The normalized spacial score (nSPS) is 10.8. The number of nitrogens with two attached hydrogens (primary N) is 2. The number of aryl methyl sites for hydroxylation is 1. The second-order valence-electron chi connectivity index (χ2n) is 6.70. The first kappa shape index (κ1) is 19.9. The first-order valence-corrected chi connectivity index (χ1v) is 11.0. The number of anilines is 2. The number of aromatic nitrogens is 1. The number of nitrogen functional groups attached to an aromatic ring is 2. The Morgan fingerprint density at radius 1 is 1.23 bits per heavy atom. The largest absolute Gasteiger partial charge is 0.397 e. The van der Waals surface area contributed by atoms with Crippen LogP contribution in [-0.2, 0) is 13.0 Å². The van der Waals surface area contributed by atoms with Crippen molar-refractivity contribution in [2.75, 3.05) is 11.5 Å². The Morgan fingerprint density at radius 2 is 2.00 bits per heavy atom. The molecule has 4 rings (SSSR count). The van der Waals surface area contributed by atoms with E-state index in [-0.39, 0.29) is 17.3 Å². The number of carbonyl (C=O) groups excluding carboxylic acids is 1. The van der Waals surface area contributed by atoms with Crippen LogP contribution >= 0.6 is 22.7 Å². The first-order chi connectivity index (χ1) is 14.5. The zero-order chi connectivity index (χ0) is 21.3. The molecule has 3 heterocycles. The van der Waals surface area contributed by atoms with Gasteiger partial charge >= 0.3 is 0 Å². The molecule has 0 saturated heterocycles. The molecule has 30 heavy (non-hydrogen) atoms. The summed E-state index contributed by atoms with van der Waals surface area (Å²) in [6.45, 7) is 2.50. The molecular formula is C22H19N5OS2. The predicted molar refractivity (Wildman–Crippen MR) is 123 cm³/mol. The molecule has 150 valence electrons. The van der Waals surface area contributed by atoms with Crippen LogP contribution in [0.2, 0.25) is 0 Å². The van der Waals surface area contributed by atoms with Crippen LogP contribution in [0.5, 0.6) is 0 Å². The highest BCUT2D eigenvalue weighted by molar-refractivity contribution is 7.21. The summed E-state index contributed by atoms with van der Waals surface area (Å²) in [5, 5.41) is 15.2. The molecule has 6 nitrogen and oxygen atoms in total. The van der Waals surface area contributed by atoms with Crippen molar-refractivity contribution in [1.82, 2.24) is 10.3 Å². The highest BCUT2D eigenvalue weighted by atomic mass is 32.1. The van der Waals surface area contributed by atoms with Gasteiger partial charge in [-0.25, -0.2) is 4.98 Å². The van der Waals surface area contributed by atoms with Crippen molar-refractivity contribution in [3.05, 3.63) is 62.7 Å². The van der Waals surface area contributed by atoms with Gasteiger partial charge in [0.1, 0.15) is 27.2 Å². The molecule has 5 N–H and O–H groups in total. The number of nitrogens with one attached hydrogen (secondary N) is 1. The number of carbonyl (C=O) groups is 1. The van der Waals surface area contributed by atoms with Gasteiger partial charge in [0, 0.05) is 15.8 Å². The SMILES string of the molecule is CCc1ccc(-c2c(C#N)c(N)nc3sc(C(=O)NCc4cccs4)c(N)c23)cc1. The Bertz CT molecular complexity index is 1270. The minimum Gasteiger partial charge on any atom is -0.397 e. The maximum atomic E-state index is 12.8. The molecule has 0 saturated carbocycles. The third-order valence-corrected chi connectivity index (χ3v) is 6.85. The maximum Gasteiger partial charge on any atom is 0.263 e. The third-order valence-electron chi connectivity index (χ3n) is 4.88. The van der Waals surface area contributed by atoms with Crippen molar-refractivity contribution in [3.8, 4) is 17.2 Å². The quantitative estimate of drug-likeness (QED) is 0.427. The van der Waals surface area contributed by atoms with Gasteiger partial charge in [-0.1, -0.05) is 37.3 Å². The van der Waals surface area contributed by atoms with Crippen molar-refractivity contribution in [2.24, 2.45) is 0 Å². The average molecular weight is 434 g/mol. The number of hydrogen-bond acceptors (Lipinski definition) is 7. The van der Waals surface area contributed by atoms with E-state index in [2.05, 4.69) is 23.3 Å². The lowest BCUT2D eigenvalue weighted by Crippen LogP contribution is -2.22. The highest BCUT2D eigenvalue weighted by Crippen LogP contribution is 2.42. The number of hydrogen-bond donors (Lipinski definition) is 3. The topological polar surface area (TPSA) is 118 Å². The van der Waals surface area contributed by atoms with E-state index in [0.717, 1.165) is 16.9 Å². The average Bonchev–Trinajstić information content (AvgIpc) is 3.39. The van der Waals surface area contributed by atoms with Gasteiger partial charge in [-0.05, 0) is 29.0 Å². The van der Waals surface area contributed by atoms with E-state index in [1.54, 1.807) is 11.3 Å². The number of nitriles is 1. The Labute approximate surface area is 181 Å². The van der Waals surface area contributed by atoms with E-state index in [4.69, 9.17) is 11.5 Å². The molecule has 0 aliphatic carbocycles. The van der Waals surface area contributed by atoms with Gasteiger partial charge in [0.2, 0.25) is 0 Å².